The molecule has 4 aromatic rings. The first kappa shape index (κ1) is 43.0. The van der Waals surface area contributed by atoms with E-state index in [1.165, 1.54) is 19.1 Å². The molecular formula is C36H27F10NO6S. The Hall–Kier alpha value is -5.44. The number of hydrogen-bond donors (Lipinski definition) is 2. The Balaban J connectivity index is 0.000000297. The van der Waals surface area contributed by atoms with Crippen molar-refractivity contribution in [1.82, 2.24) is 0 Å². The molecule has 0 aliphatic carbocycles. The second-order valence-corrected chi connectivity index (χ2v) is 13.7. The lowest BCUT2D eigenvalue weighted by molar-refractivity contribution is -0.140. The van der Waals surface area contributed by atoms with E-state index >= 15 is 0 Å². The second kappa shape index (κ2) is 16.7. The molecule has 0 bridgehead atoms. The van der Waals surface area contributed by atoms with Gasteiger partial charge in [-0.25, -0.2) is 12.8 Å². The van der Waals surface area contributed by atoms with Gasteiger partial charge < -0.3 is 10.2 Å². The maximum Gasteiger partial charge on any atom is 0.417 e. The van der Waals surface area contributed by atoms with Gasteiger partial charge in [0.15, 0.2) is 9.84 Å². The van der Waals surface area contributed by atoms with Gasteiger partial charge in [0, 0.05) is 12.8 Å². The average molecular weight is 792 g/mol. The third kappa shape index (κ3) is 11.3. The minimum Gasteiger partial charge on any atom is -0.481 e. The van der Waals surface area contributed by atoms with Crippen LogP contribution in [-0.2, 0) is 50.8 Å². The topological polar surface area (TPSA) is 133 Å². The molecular weight excluding hydrogens is 764 g/mol. The van der Waals surface area contributed by atoms with Gasteiger partial charge in [-0.15, -0.1) is 0 Å². The molecule has 4 rings (SSSR count). The smallest absolute Gasteiger partial charge is 0.417 e. The van der Waals surface area contributed by atoms with E-state index in [-0.39, 0.29) is 52.6 Å². The highest BCUT2D eigenvalue weighted by Gasteiger charge is 2.38. The van der Waals surface area contributed by atoms with Crippen molar-refractivity contribution < 1.29 is 72.1 Å². The van der Waals surface area contributed by atoms with E-state index in [4.69, 9.17) is 15.5 Å². The molecule has 54 heavy (non-hydrogen) atoms. The van der Waals surface area contributed by atoms with Crippen LogP contribution < -0.4 is 0 Å². The zero-order chi connectivity index (χ0) is 40.8. The van der Waals surface area contributed by atoms with E-state index in [1.54, 1.807) is 6.07 Å². The summed E-state index contributed by atoms with van der Waals surface area (Å²) >= 11 is 0. The number of nitriles is 1. The highest BCUT2D eigenvalue weighted by molar-refractivity contribution is 7.91. The zero-order valence-electron chi connectivity index (χ0n) is 27.6. The molecule has 0 heterocycles. The molecule has 0 aliphatic rings. The third-order valence-corrected chi connectivity index (χ3v) is 9.53. The summed E-state index contributed by atoms with van der Waals surface area (Å²) in [6.45, 7) is 1.17. The highest BCUT2D eigenvalue weighted by Crippen LogP contribution is 2.40. The largest absolute Gasteiger partial charge is 0.481 e. The number of benzene rings is 4. The molecule has 7 nitrogen and oxygen atoms in total. The quantitative estimate of drug-likeness (QED) is 0.153. The second-order valence-electron chi connectivity index (χ2n) is 11.5. The van der Waals surface area contributed by atoms with Gasteiger partial charge in [0.1, 0.15) is 5.82 Å². The van der Waals surface area contributed by atoms with Crippen LogP contribution in [0.3, 0.4) is 0 Å². The minimum atomic E-state index is -5.07. The number of aryl methyl sites for hydroxylation is 2. The Bertz CT molecular complexity index is 2190. The maximum absolute atomic E-state index is 13.6. The van der Waals surface area contributed by atoms with E-state index in [9.17, 15) is 61.9 Å². The number of nitrogens with zero attached hydrogens (tertiary/aromatic N) is 1. The number of aliphatic carboxylic acids is 2. The first-order valence-corrected chi connectivity index (χ1v) is 17.0. The minimum absolute atomic E-state index is 0.0127. The van der Waals surface area contributed by atoms with Crippen LogP contribution in [0, 0.1) is 17.1 Å². The van der Waals surface area contributed by atoms with E-state index in [2.05, 4.69) is 0 Å². The number of carboxylic acids is 2. The molecule has 288 valence electrons. The van der Waals surface area contributed by atoms with Crippen molar-refractivity contribution in [3.8, 4) is 28.3 Å². The standard InChI is InChI=1S/C19H16F6O4S.C17H11F4NO2/c1-2-30(28,29)16-7-4-12(9-15(16)19(23,24)25)14-10-13(18(20,21)22)6-3-11(14)5-8-17(26)27;18-14-6-10(9-22)5-12(7-14)15-8-13(17(19,20)21)3-1-11(15)2-4-16(23)24/h3-4,6-7,9-10H,2,5,8H2,1H3,(H,26,27);1,3,5-8H,2,4H2,(H,23,24). The summed E-state index contributed by atoms with van der Waals surface area (Å²) in [6, 6.07) is 12.4. The first-order chi connectivity index (χ1) is 24.9. The molecule has 2 N–H and O–H groups in total. The van der Waals surface area contributed by atoms with Crippen molar-refractivity contribution in [3.63, 3.8) is 0 Å². The number of carboxylic acid groups (broad SMARTS) is 2. The van der Waals surface area contributed by atoms with Crippen LogP contribution in [0.4, 0.5) is 43.9 Å². The molecule has 18 heteroatoms. The molecule has 0 atom stereocenters. The maximum atomic E-state index is 13.6. The monoisotopic (exact) mass is 791 g/mol. The number of rotatable bonds is 10. The van der Waals surface area contributed by atoms with Crippen molar-refractivity contribution in [2.75, 3.05) is 5.75 Å². The molecule has 0 fully saturated rings. The van der Waals surface area contributed by atoms with Crippen molar-refractivity contribution in [2.24, 2.45) is 0 Å². The number of alkyl halides is 9. The lowest BCUT2D eigenvalue weighted by Gasteiger charge is -2.17. The zero-order valence-corrected chi connectivity index (χ0v) is 28.4. The molecule has 0 amide bonds. The summed E-state index contributed by atoms with van der Waals surface area (Å²) < 4.78 is 156. The van der Waals surface area contributed by atoms with Gasteiger partial charge in [0.25, 0.3) is 0 Å². The third-order valence-electron chi connectivity index (χ3n) is 7.74. The summed E-state index contributed by atoms with van der Waals surface area (Å²) in [6.07, 6.45) is -15.4. The Morgan fingerprint density at radius 1 is 0.667 bits per heavy atom. The number of hydrogen-bond acceptors (Lipinski definition) is 5. The Kier molecular flexibility index (Phi) is 13.3. The molecule has 0 aliphatic heterocycles. The van der Waals surface area contributed by atoms with Crippen LogP contribution in [0.1, 0.15) is 53.1 Å². The fourth-order valence-electron chi connectivity index (χ4n) is 5.12. The highest BCUT2D eigenvalue weighted by atomic mass is 32.2. The van der Waals surface area contributed by atoms with E-state index < -0.39 is 79.9 Å². The summed E-state index contributed by atoms with van der Waals surface area (Å²) in [7, 11) is -4.25. The normalized spacial score (nSPS) is 12.0. The predicted molar refractivity (Wildman–Crippen MR) is 173 cm³/mol. The van der Waals surface area contributed by atoms with E-state index in [0.717, 1.165) is 36.4 Å². The van der Waals surface area contributed by atoms with Gasteiger partial charge in [-0.2, -0.15) is 44.8 Å². The van der Waals surface area contributed by atoms with Crippen LogP contribution in [0.25, 0.3) is 22.3 Å². The molecule has 0 spiro atoms. The van der Waals surface area contributed by atoms with Crippen molar-refractivity contribution in [2.45, 2.75) is 56.0 Å². The van der Waals surface area contributed by atoms with Crippen LogP contribution in [0.2, 0.25) is 0 Å². The number of carbonyl (C=O) groups is 2. The fraction of sp³-hybridized carbons (Fsp3) is 0.250. The Morgan fingerprint density at radius 2 is 1.15 bits per heavy atom. The van der Waals surface area contributed by atoms with Gasteiger partial charge >= 0.3 is 30.5 Å². The van der Waals surface area contributed by atoms with Crippen LogP contribution in [-0.4, -0.2) is 36.3 Å². The molecule has 0 aromatic heterocycles. The predicted octanol–water partition coefficient (Wildman–Crippen LogP) is 9.60. The van der Waals surface area contributed by atoms with Crippen molar-refractivity contribution in [3.05, 3.63) is 112 Å². The van der Waals surface area contributed by atoms with Crippen LogP contribution >= 0.6 is 0 Å². The summed E-state index contributed by atoms with van der Waals surface area (Å²) in [4.78, 5) is 20.6. The van der Waals surface area contributed by atoms with Gasteiger partial charge in [0.2, 0.25) is 0 Å². The lowest BCUT2D eigenvalue weighted by Crippen LogP contribution is -2.15. The van der Waals surface area contributed by atoms with Gasteiger partial charge in [-0.1, -0.05) is 25.1 Å². The first-order valence-electron chi connectivity index (χ1n) is 15.4. The molecule has 0 unspecified atom stereocenters. The van der Waals surface area contributed by atoms with Crippen LogP contribution in [0.5, 0.6) is 0 Å². The average Bonchev–Trinajstić information content (AvgIpc) is 3.08. The van der Waals surface area contributed by atoms with Crippen molar-refractivity contribution in [1.29, 1.82) is 5.26 Å². The van der Waals surface area contributed by atoms with E-state index in [0.29, 0.717) is 29.8 Å². The summed E-state index contributed by atoms with van der Waals surface area (Å²) in [5.74, 6) is -3.69. The van der Waals surface area contributed by atoms with Gasteiger partial charge in [-0.3, -0.25) is 9.59 Å². The fourth-order valence-corrected chi connectivity index (χ4v) is 6.21. The lowest BCUT2D eigenvalue weighted by atomic mass is 9.93. The van der Waals surface area contributed by atoms with Gasteiger partial charge in [0.05, 0.1) is 39.0 Å². The SMILES string of the molecule is CCS(=O)(=O)c1ccc(-c2cc(C(F)(F)F)ccc2CCC(=O)O)cc1C(F)(F)F.N#Cc1cc(F)cc(-c2cc(C(F)(F)F)ccc2CCC(=O)O)c1. The summed E-state index contributed by atoms with van der Waals surface area (Å²) in [5, 5.41) is 26.5. The summed E-state index contributed by atoms with van der Waals surface area (Å²) in [5.41, 5.74) is -3.57. The van der Waals surface area contributed by atoms with Crippen LogP contribution in [0.15, 0.2) is 77.7 Å². The molecule has 4 aromatic carbocycles. The Morgan fingerprint density at radius 3 is 1.56 bits per heavy atom. The van der Waals surface area contributed by atoms with Gasteiger partial charge in [-0.05, 0) is 101 Å². The Labute approximate surface area is 301 Å². The van der Waals surface area contributed by atoms with Crippen molar-refractivity contribution >= 4 is 21.8 Å². The molecule has 0 saturated heterocycles. The molecule has 0 radical (unpaired) electrons. The van der Waals surface area contributed by atoms with E-state index in [1.807, 2.05) is 0 Å². The number of sulfone groups is 1. The molecule has 0 saturated carbocycles. The number of halogens is 10.